The van der Waals surface area contributed by atoms with E-state index >= 15 is 0 Å². The number of benzene rings is 3. The topological polar surface area (TPSA) is 59.8 Å². The summed E-state index contributed by atoms with van der Waals surface area (Å²) in [6.45, 7) is 0.782. The van der Waals surface area contributed by atoms with E-state index in [1.54, 1.807) is 12.4 Å². The maximum Gasteiger partial charge on any atom is 0.225 e. The molecule has 0 radical (unpaired) electrons. The largest absolute Gasteiger partial charge is 0.343 e. The van der Waals surface area contributed by atoms with Crippen molar-refractivity contribution in [2.75, 3.05) is 5.32 Å². The van der Waals surface area contributed by atoms with Crippen LogP contribution in [0.25, 0.3) is 21.9 Å². The number of nitrogens with one attached hydrogen (secondary N) is 1. The summed E-state index contributed by atoms with van der Waals surface area (Å²) in [5.41, 5.74) is 7.21. The van der Waals surface area contributed by atoms with E-state index in [2.05, 4.69) is 68.5 Å². The first-order valence-electron chi connectivity index (χ1n) is 10.4. The van der Waals surface area contributed by atoms with Crippen molar-refractivity contribution in [2.45, 2.75) is 18.9 Å². The van der Waals surface area contributed by atoms with Crippen LogP contribution in [-0.2, 0) is 11.3 Å². The van der Waals surface area contributed by atoms with Crippen LogP contribution in [0.1, 0.15) is 29.0 Å². The molecule has 1 amide bonds. The van der Waals surface area contributed by atoms with E-state index in [1.165, 1.54) is 11.1 Å². The second kappa shape index (κ2) is 7.06. The van der Waals surface area contributed by atoms with E-state index in [4.69, 9.17) is 0 Å². The third-order valence-electron chi connectivity index (χ3n) is 6.07. The number of anilines is 1. The molecule has 0 fully saturated rings. The zero-order chi connectivity index (χ0) is 20.8. The third-order valence-corrected chi connectivity index (χ3v) is 6.07. The van der Waals surface area contributed by atoms with Crippen molar-refractivity contribution in [3.8, 4) is 0 Å². The van der Waals surface area contributed by atoms with Gasteiger partial charge in [0.25, 0.3) is 0 Å². The number of fused-ring (bicyclic) bond motifs is 1. The summed E-state index contributed by atoms with van der Waals surface area (Å²) in [6.07, 6.45) is 6.01. The molecule has 5 heteroatoms. The Bertz CT molecular complexity index is 1440. The number of hydrogen-bond donors (Lipinski definition) is 1. The fourth-order valence-electron chi connectivity index (χ4n) is 4.66. The number of hydrogen-bond acceptors (Lipinski definition) is 3. The number of aromatic nitrogens is 3. The normalized spacial score (nSPS) is 15.7. The number of carbonyl (C=O) groups is 1. The van der Waals surface area contributed by atoms with Gasteiger partial charge in [-0.1, -0.05) is 42.5 Å². The molecule has 0 saturated heterocycles. The smallest absolute Gasteiger partial charge is 0.225 e. The average Bonchev–Trinajstić information content (AvgIpc) is 3.09. The van der Waals surface area contributed by atoms with Crippen LogP contribution in [-0.4, -0.2) is 20.4 Å². The molecule has 0 spiro atoms. The summed E-state index contributed by atoms with van der Waals surface area (Å²) in [5.74, 6) is -0.0165. The molecule has 1 atom stereocenters. The minimum absolute atomic E-state index is 0.0301. The summed E-state index contributed by atoms with van der Waals surface area (Å²) in [5, 5.41) is 4.24. The van der Waals surface area contributed by atoms with Crippen LogP contribution in [0, 0.1) is 0 Å². The van der Waals surface area contributed by atoms with Crippen LogP contribution < -0.4 is 5.32 Å². The Hall–Kier alpha value is -3.99. The lowest BCUT2D eigenvalue weighted by molar-refractivity contribution is -0.116. The van der Waals surface area contributed by atoms with Gasteiger partial charge in [0, 0.05) is 42.9 Å². The summed E-state index contributed by atoms with van der Waals surface area (Å²) in [4.78, 5) is 21.6. The third kappa shape index (κ3) is 3.06. The zero-order valence-electron chi connectivity index (χ0n) is 16.8. The Morgan fingerprint density at radius 2 is 1.77 bits per heavy atom. The Morgan fingerprint density at radius 1 is 0.935 bits per heavy atom. The van der Waals surface area contributed by atoms with E-state index in [9.17, 15) is 4.79 Å². The van der Waals surface area contributed by atoms with Crippen LogP contribution in [0.2, 0.25) is 0 Å². The molecule has 1 aliphatic heterocycles. The molecule has 150 valence electrons. The van der Waals surface area contributed by atoms with Gasteiger partial charge in [-0.15, -0.1) is 0 Å². The van der Waals surface area contributed by atoms with Crippen molar-refractivity contribution in [1.29, 1.82) is 0 Å². The van der Waals surface area contributed by atoms with Gasteiger partial charge in [0.15, 0.2) is 0 Å². The second-order valence-electron chi connectivity index (χ2n) is 8.01. The number of nitrogens with zero attached hydrogens (tertiary/aromatic N) is 3. The number of rotatable bonds is 3. The molecule has 0 bridgehead atoms. The minimum Gasteiger partial charge on any atom is -0.343 e. The number of carbonyl (C=O) groups excluding carboxylic acids is 1. The molecule has 0 aliphatic carbocycles. The molecule has 1 aliphatic rings. The Kier molecular flexibility index (Phi) is 4.06. The van der Waals surface area contributed by atoms with Crippen LogP contribution in [0.4, 0.5) is 5.69 Å². The number of amides is 1. The summed E-state index contributed by atoms with van der Waals surface area (Å²) in [6, 6.07) is 22.7. The van der Waals surface area contributed by atoms with Crippen molar-refractivity contribution in [3.05, 3.63) is 102 Å². The highest BCUT2D eigenvalue weighted by Gasteiger charge is 2.28. The van der Waals surface area contributed by atoms with E-state index in [-0.39, 0.29) is 11.8 Å². The van der Waals surface area contributed by atoms with Crippen LogP contribution in [0.3, 0.4) is 0 Å². The molecule has 6 rings (SSSR count). The molecule has 2 aromatic heterocycles. The van der Waals surface area contributed by atoms with Gasteiger partial charge in [-0.05, 0) is 41.0 Å². The highest BCUT2D eigenvalue weighted by molar-refractivity contribution is 6.06. The van der Waals surface area contributed by atoms with Crippen molar-refractivity contribution in [2.24, 2.45) is 0 Å². The lowest BCUT2D eigenvalue weighted by atomic mass is 9.88. The van der Waals surface area contributed by atoms with Crippen molar-refractivity contribution in [3.63, 3.8) is 0 Å². The Balaban J connectivity index is 1.54. The predicted molar refractivity (Wildman–Crippen MR) is 122 cm³/mol. The van der Waals surface area contributed by atoms with Gasteiger partial charge in [0.05, 0.1) is 22.2 Å². The van der Waals surface area contributed by atoms with Gasteiger partial charge >= 0.3 is 0 Å². The van der Waals surface area contributed by atoms with E-state index < -0.39 is 0 Å². The molecule has 1 N–H and O–H groups in total. The van der Waals surface area contributed by atoms with Crippen molar-refractivity contribution < 1.29 is 4.79 Å². The Labute approximate surface area is 179 Å². The molecule has 31 heavy (non-hydrogen) atoms. The molecular formula is C26H20N4O. The first-order valence-corrected chi connectivity index (χ1v) is 10.4. The fourth-order valence-corrected chi connectivity index (χ4v) is 4.66. The highest BCUT2D eigenvalue weighted by Crippen LogP contribution is 2.41. The van der Waals surface area contributed by atoms with Crippen LogP contribution in [0.15, 0.2) is 85.3 Å². The van der Waals surface area contributed by atoms with Gasteiger partial charge in [-0.3, -0.25) is 14.8 Å². The maximum absolute atomic E-state index is 12.8. The lowest BCUT2D eigenvalue weighted by Crippen LogP contribution is -2.14. The van der Waals surface area contributed by atoms with Crippen molar-refractivity contribution >= 4 is 33.5 Å². The summed E-state index contributed by atoms with van der Waals surface area (Å²) in [7, 11) is 0. The SMILES string of the molecule is O=C1C[C@@H](c2ccc3nccnc3c2)c2cn(Cc3ccccc3)c3cccc(c23)N1. The molecule has 5 nitrogen and oxygen atoms in total. The molecule has 3 aromatic carbocycles. The second-order valence-corrected chi connectivity index (χ2v) is 8.01. The van der Waals surface area contributed by atoms with Gasteiger partial charge in [-0.2, -0.15) is 0 Å². The lowest BCUT2D eigenvalue weighted by Gasteiger charge is -2.15. The molecular weight excluding hydrogens is 384 g/mol. The van der Waals surface area contributed by atoms with Crippen LogP contribution >= 0.6 is 0 Å². The minimum atomic E-state index is -0.0467. The molecule has 0 saturated carbocycles. The van der Waals surface area contributed by atoms with Gasteiger partial charge in [-0.25, -0.2) is 0 Å². The predicted octanol–water partition coefficient (Wildman–Crippen LogP) is 5.11. The fraction of sp³-hybridized carbons (Fsp3) is 0.115. The van der Waals surface area contributed by atoms with Gasteiger partial charge in [0.1, 0.15) is 0 Å². The summed E-state index contributed by atoms with van der Waals surface area (Å²) < 4.78 is 2.29. The first-order chi connectivity index (χ1) is 15.3. The average molecular weight is 404 g/mol. The van der Waals surface area contributed by atoms with E-state index in [1.807, 2.05) is 24.3 Å². The molecule has 0 unspecified atom stereocenters. The maximum atomic E-state index is 12.8. The highest BCUT2D eigenvalue weighted by atomic mass is 16.1. The monoisotopic (exact) mass is 404 g/mol. The summed E-state index contributed by atoms with van der Waals surface area (Å²) >= 11 is 0. The van der Waals surface area contributed by atoms with E-state index in [0.717, 1.165) is 39.7 Å². The standard InChI is InChI=1S/C26H20N4O/c31-25-14-19(18-9-10-21-23(13-18)28-12-11-27-21)20-16-30(15-17-5-2-1-3-6-17)24-8-4-7-22(29-25)26(20)24/h1-13,16,19H,14-15H2,(H,29,31)/t19-/m0/s1. The van der Waals surface area contributed by atoms with Crippen molar-refractivity contribution in [1.82, 2.24) is 14.5 Å². The first kappa shape index (κ1) is 17.8. The quantitative estimate of drug-likeness (QED) is 0.455. The molecule has 5 aromatic rings. The van der Waals surface area contributed by atoms with Crippen LogP contribution in [0.5, 0.6) is 0 Å². The Morgan fingerprint density at radius 3 is 2.65 bits per heavy atom. The molecule has 3 heterocycles. The van der Waals surface area contributed by atoms with Gasteiger partial charge < -0.3 is 9.88 Å². The van der Waals surface area contributed by atoms with Gasteiger partial charge in [0.2, 0.25) is 5.91 Å². The zero-order valence-corrected chi connectivity index (χ0v) is 16.8. The van der Waals surface area contributed by atoms with E-state index in [0.29, 0.717) is 6.42 Å².